The van der Waals surface area contributed by atoms with Crippen LogP contribution in [0, 0.1) is 0 Å². The predicted molar refractivity (Wildman–Crippen MR) is 114 cm³/mol. The average molecular weight is 494 g/mol. The zero-order chi connectivity index (χ0) is 21.6. The summed E-state index contributed by atoms with van der Waals surface area (Å²) in [7, 11) is -5.14. The van der Waals surface area contributed by atoms with Gasteiger partial charge < -0.3 is 10.2 Å². The molecule has 0 amide bonds. The summed E-state index contributed by atoms with van der Waals surface area (Å²) in [4.78, 5) is 0. The fraction of sp³-hybridized carbons (Fsp3) is 0.0526. The summed E-state index contributed by atoms with van der Waals surface area (Å²) in [5.41, 5.74) is -0.719. The molecule has 1 atom stereocenters. The smallest absolute Gasteiger partial charge is 0.283 e. The second-order valence-corrected chi connectivity index (χ2v) is 9.17. The summed E-state index contributed by atoms with van der Waals surface area (Å²) in [6, 6.07) is 12.5. The van der Waals surface area contributed by atoms with E-state index in [1.165, 1.54) is 42.5 Å². The summed E-state index contributed by atoms with van der Waals surface area (Å²) in [6.07, 6.45) is 0. The van der Waals surface area contributed by atoms with E-state index in [4.69, 9.17) is 46.4 Å². The van der Waals surface area contributed by atoms with Crippen LogP contribution in [0.15, 0.2) is 54.6 Å². The maximum atomic E-state index is 13.0. The molecule has 3 rings (SSSR count). The molecule has 0 radical (unpaired) electrons. The number of benzene rings is 3. The van der Waals surface area contributed by atoms with Gasteiger partial charge in [0.05, 0.1) is 20.1 Å². The van der Waals surface area contributed by atoms with Gasteiger partial charge in [0.1, 0.15) is 5.75 Å². The van der Waals surface area contributed by atoms with Gasteiger partial charge in [-0.25, -0.2) is 0 Å². The minimum atomic E-state index is -5.14. The molecule has 10 heteroatoms. The van der Waals surface area contributed by atoms with Crippen molar-refractivity contribution in [2.45, 2.75) is 4.75 Å². The van der Waals surface area contributed by atoms with E-state index in [0.717, 1.165) is 6.07 Å². The minimum Gasteiger partial charge on any atom is -0.507 e. The largest absolute Gasteiger partial charge is 0.507 e. The Bertz CT molecular complexity index is 1200. The van der Waals surface area contributed by atoms with Crippen molar-refractivity contribution in [1.82, 2.24) is 0 Å². The van der Waals surface area contributed by atoms with E-state index < -0.39 is 37.0 Å². The van der Waals surface area contributed by atoms with E-state index in [2.05, 4.69) is 0 Å². The van der Waals surface area contributed by atoms with Crippen LogP contribution in [-0.4, -0.2) is 23.2 Å². The molecule has 0 saturated heterocycles. The third kappa shape index (κ3) is 3.44. The number of aromatic hydroxyl groups is 2. The van der Waals surface area contributed by atoms with E-state index >= 15 is 0 Å². The second-order valence-electron chi connectivity index (χ2n) is 6.04. The Kier molecular flexibility index (Phi) is 5.98. The number of hydrogen-bond donors (Lipinski definition) is 3. The van der Waals surface area contributed by atoms with Gasteiger partial charge in [-0.05, 0) is 11.6 Å². The van der Waals surface area contributed by atoms with Crippen LogP contribution >= 0.6 is 46.4 Å². The van der Waals surface area contributed by atoms with Crippen LogP contribution in [0.1, 0.15) is 16.7 Å². The van der Waals surface area contributed by atoms with Crippen molar-refractivity contribution in [2.24, 2.45) is 0 Å². The minimum absolute atomic E-state index is 0.00178. The highest BCUT2D eigenvalue weighted by Gasteiger charge is 2.53. The molecular weight excluding hydrogens is 482 g/mol. The van der Waals surface area contributed by atoms with Gasteiger partial charge in [0.25, 0.3) is 10.1 Å². The Labute approximate surface area is 186 Å². The van der Waals surface area contributed by atoms with Gasteiger partial charge in [0.2, 0.25) is 0 Å². The van der Waals surface area contributed by atoms with Crippen molar-refractivity contribution < 1.29 is 23.2 Å². The van der Waals surface area contributed by atoms with Crippen LogP contribution in [0.5, 0.6) is 11.5 Å². The molecular formula is C19H12Cl4O5S. The molecule has 3 aromatic carbocycles. The molecule has 0 heterocycles. The summed E-state index contributed by atoms with van der Waals surface area (Å²) in [6.45, 7) is 0. The van der Waals surface area contributed by atoms with Crippen molar-refractivity contribution in [1.29, 1.82) is 0 Å². The van der Waals surface area contributed by atoms with Crippen LogP contribution in [0.3, 0.4) is 0 Å². The monoisotopic (exact) mass is 492 g/mol. The van der Waals surface area contributed by atoms with Gasteiger partial charge >= 0.3 is 0 Å². The third-order valence-corrected chi connectivity index (χ3v) is 7.33. The molecule has 3 aromatic rings. The number of halogens is 4. The Hall–Kier alpha value is -1.67. The fourth-order valence-corrected chi connectivity index (χ4v) is 5.72. The lowest BCUT2D eigenvalue weighted by molar-refractivity contribution is 0.435. The van der Waals surface area contributed by atoms with Gasteiger partial charge in [-0.1, -0.05) is 88.9 Å². The molecule has 152 valence electrons. The summed E-state index contributed by atoms with van der Waals surface area (Å²) in [5, 5.41) is 19.8. The Morgan fingerprint density at radius 3 is 2.00 bits per heavy atom. The third-order valence-electron chi connectivity index (χ3n) is 4.42. The van der Waals surface area contributed by atoms with Gasteiger partial charge in [-0.3, -0.25) is 4.55 Å². The quantitative estimate of drug-likeness (QED) is 0.239. The molecule has 29 heavy (non-hydrogen) atoms. The van der Waals surface area contributed by atoms with Crippen LogP contribution in [0.2, 0.25) is 20.1 Å². The first kappa shape index (κ1) is 22.0. The number of phenols is 2. The van der Waals surface area contributed by atoms with Gasteiger partial charge in [-0.2, -0.15) is 8.42 Å². The maximum Gasteiger partial charge on any atom is 0.283 e. The normalized spacial score (nSPS) is 13.8. The van der Waals surface area contributed by atoms with Crippen molar-refractivity contribution in [3.8, 4) is 11.5 Å². The summed E-state index contributed by atoms with van der Waals surface area (Å²) < 4.78 is 33.9. The maximum absolute atomic E-state index is 13.0. The van der Waals surface area contributed by atoms with Crippen molar-refractivity contribution in [3.05, 3.63) is 91.4 Å². The Morgan fingerprint density at radius 2 is 1.41 bits per heavy atom. The first-order valence-corrected chi connectivity index (χ1v) is 10.9. The fourth-order valence-electron chi connectivity index (χ4n) is 3.23. The van der Waals surface area contributed by atoms with E-state index in [1.807, 2.05) is 0 Å². The molecule has 1 unspecified atom stereocenters. The van der Waals surface area contributed by atoms with E-state index in [9.17, 15) is 23.2 Å². The molecule has 0 aliphatic heterocycles. The van der Waals surface area contributed by atoms with Gasteiger partial charge in [-0.15, -0.1) is 0 Å². The highest BCUT2D eigenvalue weighted by molar-refractivity contribution is 7.87. The Morgan fingerprint density at radius 1 is 0.793 bits per heavy atom. The molecule has 0 saturated carbocycles. The second kappa shape index (κ2) is 7.87. The first-order valence-electron chi connectivity index (χ1n) is 7.91. The summed E-state index contributed by atoms with van der Waals surface area (Å²) >= 11 is 24.5. The molecule has 3 N–H and O–H groups in total. The molecule has 0 aromatic heterocycles. The highest BCUT2D eigenvalue weighted by atomic mass is 35.5. The van der Waals surface area contributed by atoms with Crippen molar-refractivity contribution in [3.63, 3.8) is 0 Å². The van der Waals surface area contributed by atoms with Gasteiger partial charge in [0.15, 0.2) is 10.5 Å². The van der Waals surface area contributed by atoms with Crippen molar-refractivity contribution in [2.75, 3.05) is 0 Å². The highest BCUT2D eigenvalue weighted by Crippen LogP contribution is 2.55. The van der Waals surface area contributed by atoms with E-state index in [-0.39, 0.29) is 26.2 Å². The number of phenolic OH excluding ortho intramolecular Hbond substituents is 2. The Balaban J connectivity index is 2.67. The van der Waals surface area contributed by atoms with Crippen LogP contribution in [-0.2, 0) is 14.9 Å². The van der Waals surface area contributed by atoms with Crippen LogP contribution in [0.25, 0.3) is 0 Å². The standard InChI is InChI=1S/C19H12Cl4O5S/c20-12-8-4-7-11(16(12)22)19(29(26,27)28,10-5-2-1-3-6-10)15-14(24)9-13(21)18(25)17(15)23/h1-9,24-25H,(H,26,27,28). The zero-order valence-electron chi connectivity index (χ0n) is 14.3. The SMILES string of the molecule is O=S(=O)(O)C(c1ccccc1)(c1cccc(Cl)c1Cl)c1c(O)cc(Cl)c(O)c1Cl. The lowest BCUT2D eigenvalue weighted by Crippen LogP contribution is -2.39. The van der Waals surface area contributed by atoms with E-state index in [1.54, 1.807) is 6.07 Å². The molecule has 0 spiro atoms. The molecule has 0 aliphatic rings. The van der Waals surface area contributed by atoms with E-state index in [0.29, 0.717) is 0 Å². The van der Waals surface area contributed by atoms with Gasteiger partial charge in [0, 0.05) is 17.2 Å². The average Bonchev–Trinajstić information content (AvgIpc) is 2.66. The topological polar surface area (TPSA) is 94.8 Å². The zero-order valence-corrected chi connectivity index (χ0v) is 18.1. The number of hydrogen-bond acceptors (Lipinski definition) is 4. The lowest BCUT2D eigenvalue weighted by atomic mass is 9.83. The number of rotatable bonds is 4. The summed E-state index contributed by atoms with van der Waals surface area (Å²) in [5.74, 6) is -1.36. The predicted octanol–water partition coefficient (Wildman–Crippen LogP) is 5.89. The van der Waals surface area contributed by atoms with Crippen LogP contribution < -0.4 is 0 Å². The molecule has 5 nitrogen and oxygen atoms in total. The molecule has 0 bridgehead atoms. The van der Waals surface area contributed by atoms with Crippen molar-refractivity contribution >= 4 is 56.5 Å². The molecule has 0 fully saturated rings. The first-order chi connectivity index (χ1) is 13.5. The molecule has 0 aliphatic carbocycles. The van der Waals surface area contributed by atoms with Crippen LogP contribution in [0.4, 0.5) is 0 Å². The lowest BCUT2D eigenvalue weighted by Gasteiger charge is -2.34.